The van der Waals surface area contributed by atoms with Crippen LogP contribution < -0.4 is 14.8 Å². The third kappa shape index (κ3) is 4.05. The summed E-state index contributed by atoms with van der Waals surface area (Å²) in [6, 6.07) is 13.7. The van der Waals surface area contributed by atoms with Gasteiger partial charge in [0.15, 0.2) is 22.3 Å². The van der Waals surface area contributed by atoms with Crippen LogP contribution in [0.2, 0.25) is 0 Å². The normalized spacial score (nSPS) is 10.8. The molecule has 1 amide bonds. The third-order valence-electron chi connectivity index (χ3n) is 4.53. The summed E-state index contributed by atoms with van der Waals surface area (Å²) in [5.74, 6) is 0.825. The number of rotatable bonds is 7. The number of methoxy groups -OCH3 is 2. The highest BCUT2D eigenvalue weighted by Crippen LogP contribution is 2.35. The van der Waals surface area contributed by atoms with Crippen molar-refractivity contribution in [3.05, 3.63) is 70.0 Å². The van der Waals surface area contributed by atoms with Crippen molar-refractivity contribution in [2.75, 3.05) is 14.2 Å². The summed E-state index contributed by atoms with van der Waals surface area (Å²) in [7, 11) is 2.75. The number of amides is 1. The molecule has 2 heterocycles. The van der Waals surface area contributed by atoms with Crippen molar-refractivity contribution < 1.29 is 23.6 Å². The molecule has 4 rings (SSSR count). The fourth-order valence-electron chi connectivity index (χ4n) is 3.03. The lowest BCUT2D eigenvalue weighted by Gasteiger charge is -2.10. The third-order valence-corrected chi connectivity index (χ3v) is 5.58. The molecule has 1 N–H and O–H groups in total. The molecule has 9 nitrogen and oxygen atoms in total. The van der Waals surface area contributed by atoms with Gasteiger partial charge in [-0.3, -0.25) is 14.9 Å². The van der Waals surface area contributed by atoms with Gasteiger partial charge in [0.25, 0.3) is 11.6 Å². The van der Waals surface area contributed by atoms with Gasteiger partial charge >= 0.3 is 0 Å². The zero-order valence-corrected chi connectivity index (χ0v) is 17.4. The number of furan rings is 1. The lowest BCUT2D eigenvalue weighted by atomic mass is 10.1. The average Bonchev–Trinajstić information content (AvgIpc) is 3.43. The molecule has 0 saturated carbocycles. The molecule has 4 aromatic rings. The van der Waals surface area contributed by atoms with Crippen molar-refractivity contribution in [3.63, 3.8) is 0 Å². The lowest BCUT2D eigenvalue weighted by Crippen LogP contribution is -2.23. The van der Waals surface area contributed by atoms with Crippen LogP contribution in [0.5, 0.6) is 11.5 Å². The van der Waals surface area contributed by atoms with E-state index < -0.39 is 10.8 Å². The maximum Gasteiger partial charge on any atom is 0.286 e. The highest BCUT2D eigenvalue weighted by Gasteiger charge is 2.24. The van der Waals surface area contributed by atoms with Gasteiger partial charge in [-0.2, -0.15) is 0 Å². The van der Waals surface area contributed by atoms with Gasteiger partial charge < -0.3 is 19.2 Å². The number of aromatic nitrogens is 1. The molecule has 0 aliphatic heterocycles. The van der Waals surface area contributed by atoms with Crippen LogP contribution in [0.4, 0.5) is 5.69 Å². The minimum atomic E-state index is -0.644. The highest BCUT2D eigenvalue weighted by atomic mass is 32.1. The van der Waals surface area contributed by atoms with Gasteiger partial charge in [-0.1, -0.05) is 12.1 Å². The molecule has 0 atom stereocenters. The SMILES string of the molecule is COc1cc(C(=O)NCc2ccc(-c3nc4ccccc4s3)o2)c([N+](=O)[O-])cc1OC. The largest absolute Gasteiger partial charge is 0.493 e. The summed E-state index contributed by atoms with van der Waals surface area (Å²) in [6.45, 7) is 0.0508. The summed E-state index contributed by atoms with van der Waals surface area (Å²) in [4.78, 5) is 27.9. The van der Waals surface area contributed by atoms with E-state index in [9.17, 15) is 14.9 Å². The minimum Gasteiger partial charge on any atom is -0.493 e. The number of nitro benzene ring substituents is 1. The fraction of sp³-hybridized carbons (Fsp3) is 0.143. The van der Waals surface area contributed by atoms with Crippen LogP contribution in [0, 0.1) is 10.1 Å². The van der Waals surface area contributed by atoms with E-state index in [0.717, 1.165) is 21.3 Å². The number of ether oxygens (including phenoxy) is 2. The van der Waals surface area contributed by atoms with E-state index in [1.165, 1.54) is 31.6 Å². The number of para-hydroxylation sites is 1. The molecule has 2 aromatic carbocycles. The molecule has 2 aromatic heterocycles. The Bertz CT molecular complexity index is 1250. The van der Waals surface area contributed by atoms with E-state index in [4.69, 9.17) is 13.9 Å². The number of hydrogen-bond acceptors (Lipinski definition) is 8. The molecule has 0 fully saturated rings. The van der Waals surface area contributed by atoms with E-state index in [-0.39, 0.29) is 29.3 Å². The Balaban J connectivity index is 1.52. The van der Waals surface area contributed by atoms with E-state index in [1.807, 2.05) is 24.3 Å². The second-order valence-electron chi connectivity index (χ2n) is 6.42. The van der Waals surface area contributed by atoms with Crippen LogP contribution >= 0.6 is 11.3 Å². The Kier molecular flexibility index (Phi) is 5.54. The Morgan fingerprint density at radius 3 is 2.61 bits per heavy atom. The number of thiazole rings is 1. The van der Waals surface area contributed by atoms with Crippen molar-refractivity contribution in [1.82, 2.24) is 10.3 Å². The van der Waals surface area contributed by atoms with E-state index in [1.54, 1.807) is 12.1 Å². The molecule has 0 bridgehead atoms. The molecule has 0 aliphatic carbocycles. The molecule has 0 unspecified atom stereocenters. The second kappa shape index (κ2) is 8.44. The number of nitrogens with zero attached hydrogens (tertiary/aromatic N) is 2. The lowest BCUT2D eigenvalue weighted by molar-refractivity contribution is -0.385. The quantitative estimate of drug-likeness (QED) is 0.335. The van der Waals surface area contributed by atoms with Crippen molar-refractivity contribution in [2.24, 2.45) is 0 Å². The van der Waals surface area contributed by atoms with Gasteiger partial charge in [0.05, 0.1) is 42.0 Å². The van der Waals surface area contributed by atoms with Crippen molar-refractivity contribution in [3.8, 4) is 22.3 Å². The standard InChI is InChI=1S/C21H17N3O6S/c1-28-17-9-13(15(24(26)27)10-18(17)29-2)20(25)22-11-12-7-8-16(30-12)21-23-14-5-3-4-6-19(14)31-21/h3-10H,11H2,1-2H3,(H,22,25). The van der Waals surface area contributed by atoms with Crippen LogP contribution in [-0.4, -0.2) is 30.0 Å². The molecule has 0 spiro atoms. The van der Waals surface area contributed by atoms with Gasteiger partial charge in [-0.05, 0) is 24.3 Å². The zero-order chi connectivity index (χ0) is 22.0. The molecular weight excluding hydrogens is 422 g/mol. The van der Waals surface area contributed by atoms with Gasteiger partial charge in [0.1, 0.15) is 11.3 Å². The van der Waals surface area contributed by atoms with Crippen LogP contribution in [0.25, 0.3) is 21.0 Å². The summed E-state index contributed by atoms with van der Waals surface area (Å²) in [5.41, 5.74) is 0.361. The molecule has 31 heavy (non-hydrogen) atoms. The molecular formula is C21H17N3O6S. The molecule has 0 aliphatic rings. The van der Waals surface area contributed by atoms with Gasteiger partial charge in [0, 0.05) is 6.07 Å². The van der Waals surface area contributed by atoms with Crippen molar-refractivity contribution >= 4 is 33.1 Å². The monoisotopic (exact) mass is 439 g/mol. The smallest absolute Gasteiger partial charge is 0.286 e. The van der Waals surface area contributed by atoms with Crippen LogP contribution in [0.3, 0.4) is 0 Å². The maximum atomic E-state index is 12.6. The van der Waals surface area contributed by atoms with Crippen molar-refractivity contribution in [2.45, 2.75) is 6.54 Å². The maximum absolute atomic E-state index is 12.6. The first-order valence-electron chi connectivity index (χ1n) is 9.13. The number of carbonyl (C=O) groups is 1. The van der Waals surface area contributed by atoms with Crippen LogP contribution in [0.1, 0.15) is 16.1 Å². The van der Waals surface area contributed by atoms with Gasteiger partial charge in [-0.15, -0.1) is 11.3 Å². The molecule has 0 radical (unpaired) electrons. The van der Waals surface area contributed by atoms with E-state index in [0.29, 0.717) is 11.5 Å². The van der Waals surface area contributed by atoms with E-state index in [2.05, 4.69) is 10.3 Å². The Morgan fingerprint density at radius 1 is 1.16 bits per heavy atom. The summed E-state index contributed by atoms with van der Waals surface area (Å²) >= 11 is 1.50. The average molecular weight is 439 g/mol. The number of fused-ring (bicyclic) bond motifs is 1. The Hall–Kier alpha value is -3.92. The molecule has 0 saturated heterocycles. The summed E-state index contributed by atoms with van der Waals surface area (Å²) in [5, 5.41) is 14.8. The van der Waals surface area contributed by atoms with Crippen LogP contribution in [0.15, 0.2) is 52.9 Å². The predicted octanol–water partition coefficient (Wildman–Crippen LogP) is 4.41. The first kappa shape index (κ1) is 20.4. The number of carbonyl (C=O) groups excluding carboxylic acids is 1. The first-order valence-corrected chi connectivity index (χ1v) is 9.95. The molecule has 158 valence electrons. The first-order chi connectivity index (χ1) is 15.0. The predicted molar refractivity (Wildman–Crippen MR) is 115 cm³/mol. The van der Waals surface area contributed by atoms with Gasteiger partial charge in [0.2, 0.25) is 0 Å². The zero-order valence-electron chi connectivity index (χ0n) is 16.6. The molecule has 10 heteroatoms. The number of hydrogen-bond donors (Lipinski definition) is 1. The van der Waals surface area contributed by atoms with E-state index >= 15 is 0 Å². The van der Waals surface area contributed by atoms with Crippen LogP contribution in [-0.2, 0) is 6.54 Å². The number of nitrogens with one attached hydrogen (secondary N) is 1. The second-order valence-corrected chi connectivity index (χ2v) is 7.45. The Labute approximate surface area is 180 Å². The highest BCUT2D eigenvalue weighted by molar-refractivity contribution is 7.21. The minimum absolute atomic E-state index is 0.0508. The fourth-order valence-corrected chi connectivity index (χ4v) is 3.96. The van der Waals surface area contributed by atoms with Crippen molar-refractivity contribution in [1.29, 1.82) is 0 Å². The number of nitro groups is 1. The van der Waals surface area contributed by atoms with Gasteiger partial charge in [-0.25, -0.2) is 4.98 Å². The number of benzene rings is 2. The Morgan fingerprint density at radius 2 is 1.90 bits per heavy atom. The summed E-state index contributed by atoms with van der Waals surface area (Å²) in [6.07, 6.45) is 0. The summed E-state index contributed by atoms with van der Waals surface area (Å²) < 4.78 is 17.1. The topological polar surface area (TPSA) is 117 Å².